The minimum absolute atomic E-state index is 0.0839. The lowest BCUT2D eigenvalue weighted by Crippen LogP contribution is -2.33. The van der Waals surface area contributed by atoms with E-state index in [9.17, 15) is 30.8 Å². The first-order chi connectivity index (χ1) is 14.0. The predicted octanol–water partition coefficient (Wildman–Crippen LogP) is 3.24. The number of anilines is 1. The van der Waals surface area contributed by atoms with Crippen molar-refractivity contribution in [3.63, 3.8) is 0 Å². The first-order valence-corrected chi connectivity index (χ1v) is 10.4. The Labute approximate surface area is 171 Å². The van der Waals surface area contributed by atoms with Gasteiger partial charge in [0.25, 0.3) is 15.9 Å². The van der Waals surface area contributed by atoms with Crippen molar-refractivity contribution in [2.24, 2.45) is 0 Å². The van der Waals surface area contributed by atoms with E-state index < -0.39 is 34.5 Å². The van der Waals surface area contributed by atoms with E-state index in [1.165, 1.54) is 43.4 Å². The molecule has 2 N–H and O–H groups in total. The topological polar surface area (TPSA) is 78.5 Å². The van der Waals surface area contributed by atoms with E-state index >= 15 is 0 Å². The normalized spacial score (nSPS) is 12.1. The molecule has 6 nitrogen and oxygen atoms in total. The van der Waals surface area contributed by atoms with Crippen molar-refractivity contribution in [2.45, 2.75) is 17.5 Å². The highest BCUT2D eigenvalue weighted by molar-refractivity contribution is 7.92. The van der Waals surface area contributed by atoms with Gasteiger partial charge in [-0.1, -0.05) is 6.07 Å². The molecule has 2 rings (SSSR count). The summed E-state index contributed by atoms with van der Waals surface area (Å²) in [5.74, 6) is -1.06. The van der Waals surface area contributed by atoms with Gasteiger partial charge in [-0.25, -0.2) is 12.8 Å². The van der Waals surface area contributed by atoms with E-state index in [4.69, 9.17) is 0 Å². The van der Waals surface area contributed by atoms with Crippen LogP contribution in [0.15, 0.2) is 53.4 Å². The van der Waals surface area contributed by atoms with E-state index in [2.05, 4.69) is 10.0 Å². The van der Waals surface area contributed by atoms with Gasteiger partial charge in [0.2, 0.25) is 0 Å². The molecule has 0 aliphatic carbocycles. The Balaban J connectivity index is 1.94. The van der Waals surface area contributed by atoms with Gasteiger partial charge in [0.15, 0.2) is 0 Å². The molecule has 11 heteroatoms. The number of carbonyl (C=O) groups excluding carboxylic acids is 1. The maximum absolute atomic E-state index is 13.0. The third-order valence-corrected chi connectivity index (χ3v) is 5.33. The number of carbonyl (C=O) groups is 1. The van der Waals surface area contributed by atoms with E-state index in [0.29, 0.717) is 6.42 Å². The number of hydrogen-bond acceptors (Lipinski definition) is 4. The molecule has 0 bridgehead atoms. The van der Waals surface area contributed by atoms with Crippen LogP contribution in [-0.4, -0.2) is 52.1 Å². The van der Waals surface area contributed by atoms with Crippen molar-refractivity contribution in [3.05, 3.63) is 59.9 Å². The molecule has 2 aromatic rings. The fourth-order valence-electron chi connectivity index (χ4n) is 2.57. The molecule has 1 amide bonds. The largest absolute Gasteiger partial charge is 0.401 e. The second kappa shape index (κ2) is 9.90. The van der Waals surface area contributed by atoms with Crippen LogP contribution in [0.1, 0.15) is 16.8 Å². The Hall–Kier alpha value is -2.66. The SMILES string of the molecule is CN(CCCNC(=O)c1cccc(S(=O)(=O)Nc2ccc(F)cc2)c1)CC(F)(F)F. The third kappa shape index (κ3) is 7.64. The molecule has 0 aromatic heterocycles. The number of amides is 1. The van der Waals surface area contributed by atoms with E-state index in [1.807, 2.05) is 0 Å². The minimum Gasteiger partial charge on any atom is -0.352 e. The standard InChI is InChI=1S/C19H21F4N3O3S/c1-26(13-19(21,22)23)11-3-10-24-18(27)14-4-2-5-17(12-14)30(28,29)25-16-8-6-15(20)7-9-16/h2,4-9,12,25H,3,10-11,13H2,1H3,(H,24,27). The maximum Gasteiger partial charge on any atom is 0.401 e. The van der Waals surface area contributed by atoms with E-state index in [0.717, 1.165) is 17.0 Å². The van der Waals surface area contributed by atoms with Crippen LogP contribution < -0.4 is 10.0 Å². The van der Waals surface area contributed by atoms with Crippen molar-refractivity contribution >= 4 is 21.6 Å². The summed E-state index contributed by atoms with van der Waals surface area (Å²) < 4.78 is 77.0. The number of alkyl halides is 3. The van der Waals surface area contributed by atoms with Crippen molar-refractivity contribution in [1.82, 2.24) is 10.2 Å². The quantitative estimate of drug-likeness (QED) is 0.457. The minimum atomic E-state index is -4.29. The molecule has 0 saturated heterocycles. The zero-order valence-electron chi connectivity index (χ0n) is 16.0. The number of halogens is 4. The van der Waals surface area contributed by atoms with Crippen molar-refractivity contribution in [3.8, 4) is 0 Å². The van der Waals surface area contributed by atoms with Crippen LogP contribution in [0.5, 0.6) is 0 Å². The Kier molecular flexibility index (Phi) is 7.79. The molecule has 0 aliphatic rings. The number of nitrogens with zero attached hydrogens (tertiary/aromatic N) is 1. The lowest BCUT2D eigenvalue weighted by atomic mass is 10.2. The Bertz CT molecular complexity index is 964. The molecule has 0 spiro atoms. The first kappa shape index (κ1) is 23.6. The Morgan fingerprint density at radius 1 is 1.10 bits per heavy atom. The van der Waals surface area contributed by atoms with Gasteiger partial charge in [-0.15, -0.1) is 0 Å². The van der Waals surface area contributed by atoms with E-state index in [1.54, 1.807) is 0 Å². The molecule has 0 unspecified atom stereocenters. The van der Waals surface area contributed by atoms with Gasteiger partial charge in [-0.2, -0.15) is 13.2 Å². The molecular weight excluding hydrogens is 426 g/mol. The lowest BCUT2D eigenvalue weighted by Gasteiger charge is -2.18. The summed E-state index contributed by atoms with van der Waals surface area (Å²) in [6.45, 7) is -0.774. The summed E-state index contributed by atoms with van der Waals surface area (Å²) in [6.07, 6.45) is -3.99. The second-order valence-electron chi connectivity index (χ2n) is 6.60. The summed E-state index contributed by atoms with van der Waals surface area (Å²) in [5, 5.41) is 2.55. The Morgan fingerprint density at radius 2 is 1.77 bits per heavy atom. The first-order valence-electron chi connectivity index (χ1n) is 8.88. The highest BCUT2D eigenvalue weighted by Crippen LogP contribution is 2.18. The molecule has 0 saturated carbocycles. The van der Waals surface area contributed by atoms with Crippen LogP contribution in [0.2, 0.25) is 0 Å². The summed E-state index contributed by atoms with van der Waals surface area (Å²) in [7, 11) is -2.67. The van der Waals surface area contributed by atoms with Crippen LogP contribution >= 0.6 is 0 Å². The molecule has 0 fully saturated rings. The molecular formula is C19H21F4N3O3S. The van der Waals surface area contributed by atoms with Crippen molar-refractivity contribution in [1.29, 1.82) is 0 Å². The van der Waals surface area contributed by atoms with Gasteiger partial charge in [0, 0.05) is 17.8 Å². The van der Waals surface area contributed by atoms with Gasteiger partial charge in [-0.3, -0.25) is 14.4 Å². The molecule has 0 atom stereocenters. The summed E-state index contributed by atoms with van der Waals surface area (Å²) in [5.41, 5.74) is 0.245. The smallest absolute Gasteiger partial charge is 0.352 e. The summed E-state index contributed by atoms with van der Waals surface area (Å²) in [6, 6.07) is 10.0. The zero-order valence-corrected chi connectivity index (χ0v) is 16.9. The monoisotopic (exact) mass is 447 g/mol. The van der Waals surface area contributed by atoms with Crippen molar-refractivity contribution < 1.29 is 30.8 Å². The van der Waals surface area contributed by atoms with Crippen LogP contribution in [0.3, 0.4) is 0 Å². The third-order valence-electron chi connectivity index (χ3n) is 3.95. The van der Waals surface area contributed by atoms with Crippen LogP contribution in [0.25, 0.3) is 0 Å². The van der Waals surface area contributed by atoms with Crippen LogP contribution in [-0.2, 0) is 10.0 Å². The van der Waals surface area contributed by atoms with Gasteiger partial charge in [0.05, 0.1) is 11.4 Å². The molecule has 0 aliphatic heterocycles. The lowest BCUT2D eigenvalue weighted by molar-refractivity contribution is -0.143. The number of nitrogens with one attached hydrogen (secondary N) is 2. The second-order valence-corrected chi connectivity index (χ2v) is 8.29. The number of sulfonamides is 1. The van der Waals surface area contributed by atoms with Gasteiger partial charge in [0.1, 0.15) is 5.82 Å². The van der Waals surface area contributed by atoms with E-state index in [-0.39, 0.29) is 29.2 Å². The van der Waals surface area contributed by atoms with Gasteiger partial charge in [-0.05, 0) is 62.5 Å². The summed E-state index contributed by atoms with van der Waals surface area (Å²) in [4.78, 5) is 13.2. The molecule has 30 heavy (non-hydrogen) atoms. The molecule has 0 heterocycles. The highest BCUT2D eigenvalue weighted by Gasteiger charge is 2.28. The average molecular weight is 447 g/mol. The summed E-state index contributed by atoms with van der Waals surface area (Å²) >= 11 is 0. The van der Waals surface area contributed by atoms with Crippen molar-refractivity contribution in [2.75, 3.05) is 31.4 Å². The molecule has 0 radical (unpaired) electrons. The predicted molar refractivity (Wildman–Crippen MR) is 104 cm³/mol. The molecule has 2 aromatic carbocycles. The number of benzene rings is 2. The highest BCUT2D eigenvalue weighted by atomic mass is 32.2. The zero-order chi connectivity index (χ0) is 22.4. The van der Waals surface area contributed by atoms with Crippen LogP contribution in [0.4, 0.5) is 23.2 Å². The Morgan fingerprint density at radius 3 is 2.40 bits per heavy atom. The molecule has 164 valence electrons. The average Bonchev–Trinajstić information content (AvgIpc) is 2.65. The number of rotatable bonds is 9. The number of hydrogen-bond donors (Lipinski definition) is 2. The fourth-order valence-corrected chi connectivity index (χ4v) is 3.68. The van der Waals surface area contributed by atoms with Gasteiger partial charge < -0.3 is 5.32 Å². The maximum atomic E-state index is 13.0. The fraction of sp³-hybridized carbons (Fsp3) is 0.316. The van der Waals surface area contributed by atoms with Crippen LogP contribution in [0, 0.1) is 5.82 Å². The van der Waals surface area contributed by atoms with Gasteiger partial charge >= 0.3 is 6.18 Å².